The molecular weight excluding hydrogens is 376 g/mol. The van der Waals surface area contributed by atoms with Crippen LogP contribution in [0.5, 0.6) is 0 Å². The number of hydrogen-bond donors (Lipinski definition) is 1. The molecule has 0 fully saturated rings. The summed E-state index contributed by atoms with van der Waals surface area (Å²) in [5, 5.41) is 14.1. The van der Waals surface area contributed by atoms with Gasteiger partial charge in [-0.2, -0.15) is 0 Å². The molecule has 3 rings (SSSR count). The number of hydrogen-bond acceptors (Lipinski definition) is 5. The van der Waals surface area contributed by atoms with Crippen LogP contribution in [0.2, 0.25) is 0 Å². The monoisotopic (exact) mass is 400 g/mol. The zero-order valence-corrected chi connectivity index (χ0v) is 17.0. The first-order valence-electron chi connectivity index (χ1n) is 9.07. The third-order valence-electron chi connectivity index (χ3n) is 4.21. The lowest BCUT2D eigenvalue weighted by molar-refractivity contribution is -0.119. The smallest absolute Gasteiger partial charge is 0.230 e. The lowest BCUT2D eigenvalue weighted by atomic mass is 10.1. The molecule has 1 amide bonds. The Morgan fingerprint density at radius 3 is 2.85 bits per heavy atom. The highest BCUT2D eigenvalue weighted by Gasteiger charge is 2.11. The predicted molar refractivity (Wildman–Crippen MR) is 111 cm³/mol. The number of amides is 1. The summed E-state index contributed by atoms with van der Waals surface area (Å²) in [4.78, 5) is 13.6. The van der Waals surface area contributed by atoms with Crippen molar-refractivity contribution in [2.75, 3.05) is 5.75 Å². The fourth-order valence-electron chi connectivity index (χ4n) is 2.74. The van der Waals surface area contributed by atoms with E-state index in [1.807, 2.05) is 22.8 Å². The number of nitrogens with zero attached hydrogens (tertiary/aromatic N) is 3. The normalized spacial score (nSPS) is 12.0. The van der Waals surface area contributed by atoms with Crippen LogP contribution in [0.3, 0.4) is 0 Å². The van der Waals surface area contributed by atoms with Gasteiger partial charge in [0.05, 0.1) is 5.75 Å². The Morgan fingerprint density at radius 2 is 2.07 bits per heavy atom. The molecule has 1 aromatic carbocycles. The Kier molecular flexibility index (Phi) is 7.47. The van der Waals surface area contributed by atoms with E-state index in [-0.39, 0.29) is 11.9 Å². The number of benzene rings is 1. The van der Waals surface area contributed by atoms with Gasteiger partial charge in [-0.15, -0.1) is 21.5 Å². The topological polar surface area (TPSA) is 59.8 Å². The maximum absolute atomic E-state index is 12.2. The molecule has 1 atom stereocenters. The first-order chi connectivity index (χ1) is 13.2. The molecule has 0 spiro atoms. The molecule has 0 radical (unpaired) electrons. The van der Waals surface area contributed by atoms with Crippen LogP contribution in [0.4, 0.5) is 0 Å². The zero-order chi connectivity index (χ0) is 18.9. The van der Waals surface area contributed by atoms with E-state index in [0.717, 1.165) is 31.0 Å². The standard InChI is InChI=1S/C20H24N4OS2/c1-16(9-10-17-6-3-2-4-7-17)22-19(25)14-27-20-23-21-15-24(20)12-11-18-8-5-13-26-18/h2-8,13,15-16H,9-12,14H2,1H3,(H,22,25). The van der Waals surface area contributed by atoms with Crippen LogP contribution in [0.15, 0.2) is 59.3 Å². The number of aryl methyl sites for hydroxylation is 3. The maximum Gasteiger partial charge on any atom is 0.230 e. The highest BCUT2D eigenvalue weighted by molar-refractivity contribution is 7.99. The van der Waals surface area contributed by atoms with E-state index in [2.05, 4.69) is 52.1 Å². The van der Waals surface area contributed by atoms with Gasteiger partial charge in [-0.3, -0.25) is 4.79 Å². The molecule has 0 aliphatic carbocycles. The summed E-state index contributed by atoms with van der Waals surface area (Å²) in [7, 11) is 0. The predicted octanol–water partition coefficient (Wildman–Crippen LogP) is 3.81. The number of thioether (sulfide) groups is 1. The quantitative estimate of drug-likeness (QED) is 0.526. The molecular formula is C20H24N4OS2. The molecule has 2 heterocycles. The Morgan fingerprint density at radius 1 is 1.22 bits per heavy atom. The second-order valence-corrected chi connectivity index (χ2v) is 8.39. The van der Waals surface area contributed by atoms with Crippen molar-refractivity contribution in [3.63, 3.8) is 0 Å². The zero-order valence-electron chi connectivity index (χ0n) is 15.4. The number of thiophene rings is 1. The first-order valence-corrected chi connectivity index (χ1v) is 10.9. The average Bonchev–Trinajstić information content (AvgIpc) is 3.35. The van der Waals surface area contributed by atoms with Gasteiger partial charge in [-0.25, -0.2) is 0 Å². The summed E-state index contributed by atoms with van der Waals surface area (Å²) < 4.78 is 2.01. The van der Waals surface area contributed by atoms with Gasteiger partial charge in [0.2, 0.25) is 5.91 Å². The van der Waals surface area contributed by atoms with E-state index < -0.39 is 0 Å². The minimum atomic E-state index is 0.0355. The fourth-order valence-corrected chi connectivity index (χ4v) is 4.19. The molecule has 3 aromatic rings. The van der Waals surface area contributed by atoms with Crippen LogP contribution >= 0.6 is 23.1 Å². The third kappa shape index (κ3) is 6.52. The summed E-state index contributed by atoms with van der Waals surface area (Å²) in [6, 6.07) is 14.7. The Balaban J connectivity index is 1.39. The second kappa shape index (κ2) is 10.3. The van der Waals surface area contributed by atoms with Gasteiger partial charge in [-0.1, -0.05) is 48.2 Å². The molecule has 1 unspecified atom stereocenters. The van der Waals surface area contributed by atoms with Gasteiger partial charge in [-0.05, 0) is 43.2 Å². The molecule has 142 valence electrons. The molecule has 0 saturated carbocycles. The summed E-state index contributed by atoms with van der Waals surface area (Å²) in [6.45, 7) is 2.87. The van der Waals surface area contributed by atoms with Crippen molar-refractivity contribution in [2.24, 2.45) is 0 Å². The number of carbonyl (C=O) groups excluding carboxylic acids is 1. The van der Waals surface area contributed by atoms with Crippen LogP contribution in [0, 0.1) is 0 Å². The molecule has 5 nitrogen and oxygen atoms in total. The van der Waals surface area contributed by atoms with E-state index in [4.69, 9.17) is 0 Å². The first kappa shape index (κ1) is 19.6. The van der Waals surface area contributed by atoms with E-state index >= 15 is 0 Å². The SMILES string of the molecule is CC(CCc1ccccc1)NC(=O)CSc1nncn1CCc1cccs1. The molecule has 0 saturated heterocycles. The average molecular weight is 401 g/mol. The molecule has 2 aromatic heterocycles. The lowest BCUT2D eigenvalue weighted by Gasteiger charge is -2.13. The Labute approximate surface area is 168 Å². The minimum absolute atomic E-state index is 0.0355. The van der Waals surface area contributed by atoms with E-state index in [0.29, 0.717) is 5.75 Å². The number of rotatable bonds is 10. The molecule has 1 N–H and O–H groups in total. The van der Waals surface area contributed by atoms with E-state index in [1.165, 1.54) is 22.2 Å². The van der Waals surface area contributed by atoms with Gasteiger partial charge >= 0.3 is 0 Å². The van der Waals surface area contributed by atoms with Crippen LogP contribution in [-0.2, 0) is 24.2 Å². The number of aromatic nitrogens is 3. The highest BCUT2D eigenvalue weighted by Crippen LogP contribution is 2.16. The highest BCUT2D eigenvalue weighted by atomic mass is 32.2. The maximum atomic E-state index is 12.2. The van der Waals surface area contributed by atoms with Crippen LogP contribution in [-0.4, -0.2) is 32.5 Å². The second-order valence-electron chi connectivity index (χ2n) is 6.42. The van der Waals surface area contributed by atoms with Gasteiger partial charge in [0.1, 0.15) is 6.33 Å². The molecule has 0 bridgehead atoms. The van der Waals surface area contributed by atoms with Crippen LogP contribution in [0.25, 0.3) is 0 Å². The summed E-state index contributed by atoms with van der Waals surface area (Å²) in [5.74, 6) is 0.390. The van der Waals surface area contributed by atoms with E-state index in [1.54, 1.807) is 17.7 Å². The van der Waals surface area contributed by atoms with Crippen molar-refractivity contribution in [3.05, 3.63) is 64.6 Å². The van der Waals surface area contributed by atoms with Gasteiger partial charge < -0.3 is 9.88 Å². The van der Waals surface area contributed by atoms with Crippen molar-refractivity contribution < 1.29 is 4.79 Å². The van der Waals surface area contributed by atoms with Gasteiger partial charge in [0.25, 0.3) is 0 Å². The molecule has 0 aliphatic rings. The molecule has 7 heteroatoms. The number of nitrogens with one attached hydrogen (secondary N) is 1. The summed E-state index contributed by atoms with van der Waals surface area (Å²) in [6.07, 6.45) is 4.58. The van der Waals surface area contributed by atoms with E-state index in [9.17, 15) is 4.79 Å². The van der Waals surface area contributed by atoms with Crippen molar-refractivity contribution in [3.8, 4) is 0 Å². The minimum Gasteiger partial charge on any atom is -0.353 e. The van der Waals surface area contributed by atoms with Gasteiger partial charge in [0.15, 0.2) is 5.16 Å². The molecule has 0 aliphatic heterocycles. The molecule has 27 heavy (non-hydrogen) atoms. The van der Waals surface area contributed by atoms with Crippen molar-refractivity contribution in [1.29, 1.82) is 0 Å². The van der Waals surface area contributed by atoms with Crippen LogP contribution in [0.1, 0.15) is 23.8 Å². The Bertz CT molecular complexity index is 818. The number of carbonyl (C=O) groups is 1. The summed E-state index contributed by atoms with van der Waals surface area (Å²) in [5.41, 5.74) is 1.30. The van der Waals surface area contributed by atoms with Gasteiger partial charge in [0, 0.05) is 17.5 Å². The lowest BCUT2D eigenvalue weighted by Crippen LogP contribution is -2.34. The summed E-state index contributed by atoms with van der Waals surface area (Å²) >= 11 is 3.19. The van der Waals surface area contributed by atoms with Crippen molar-refractivity contribution in [1.82, 2.24) is 20.1 Å². The van der Waals surface area contributed by atoms with Crippen molar-refractivity contribution in [2.45, 2.75) is 43.9 Å². The van der Waals surface area contributed by atoms with Crippen molar-refractivity contribution >= 4 is 29.0 Å². The largest absolute Gasteiger partial charge is 0.353 e. The third-order valence-corrected chi connectivity index (χ3v) is 6.12. The fraction of sp³-hybridized carbons (Fsp3) is 0.350. The Hall–Kier alpha value is -2.12. The van der Waals surface area contributed by atoms with Crippen LogP contribution < -0.4 is 5.32 Å².